The van der Waals surface area contributed by atoms with Crippen molar-refractivity contribution in [2.75, 3.05) is 0 Å². The molecular formula is C15H14N2O3S. The molecule has 0 bridgehead atoms. The molecule has 1 amide bonds. The highest BCUT2D eigenvalue weighted by atomic mass is 32.1. The Bertz CT molecular complexity index is 692. The van der Waals surface area contributed by atoms with Crippen molar-refractivity contribution in [2.45, 2.75) is 13.5 Å². The zero-order valence-electron chi connectivity index (χ0n) is 11.4. The minimum absolute atomic E-state index is 0.227. The molecule has 0 aliphatic heterocycles. The fraction of sp³-hybridized carbons (Fsp3) is 0.133. The van der Waals surface area contributed by atoms with Gasteiger partial charge in [-0.2, -0.15) is 0 Å². The van der Waals surface area contributed by atoms with Gasteiger partial charge in [0, 0.05) is 21.5 Å². The minimum Gasteiger partial charge on any atom is -0.478 e. The van der Waals surface area contributed by atoms with Gasteiger partial charge in [0.1, 0.15) is 5.69 Å². The summed E-state index contributed by atoms with van der Waals surface area (Å²) in [5, 5.41) is 11.3. The lowest BCUT2D eigenvalue weighted by molar-refractivity contribution is -0.131. The number of carbonyl (C=O) groups excluding carboxylic acids is 1. The number of carboxylic acid groups (broad SMARTS) is 1. The van der Waals surface area contributed by atoms with E-state index in [1.165, 1.54) is 17.4 Å². The molecule has 0 aliphatic rings. The van der Waals surface area contributed by atoms with Gasteiger partial charge in [0.05, 0.1) is 6.54 Å². The van der Waals surface area contributed by atoms with Crippen LogP contribution in [0.3, 0.4) is 0 Å². The maximum Gasteiger partial charge on any atom is 0.328 e. The van der Waals surface area contributed by atoms with Crippen molar-refractivity contribution in [3.8, 4) is 0 Å². The van der Waals surface area contributed by atoms with E-state index in [2.05, 4.69) is 10.3 Å². The summed E-state index contributed by atoms with van der Waals surface area (Å²) in [6, 6.07) is 8.96. The van der Waals surface area contributed by atoms with Crippen molar-refractivity contribution in [1.82, 2.24) is 10.3 Å². The second-order valence-corrected chi connectivity index (χ2v) is 5.52. The van der Waals surface area contributed by atoms with E-state index in [1.807, 2.05) is 25.1 Å². The molecule has 0 fully saturated rings. The molecule has 21 heavy (non-hydrogen) atoms. The molecule has 0 saturated heterocycles. The first-order valence-electron chi connectivity index (χ1n) is 6.26. The summed E-state index contributed by atoms with van der Waals surface area (Å²) in [6.07, 6.45) is 2.62. The molecule has 2 N–H and O–H groups in total. The number of nitrogens with zero attached hydrogens (tertiary/aromatic N) is 1. The van der Waals surface area contributed by atoms with Crippen LogP contribution < -0.4 is 5.32 Å². The number of rotatable bonds is 5. The third-order valence-corrected chi connectivity index (χ3v) is 3.67. The van der Waals surface area contributed by atoms with Gasteiger partial charge in [0.25, 0.3) is 5.91 Å². The molecule has 2 heterocycles. The van der Waals surface area contributed by atoms with Crippen LogP contribution in [0.4, 0.5) is 0 Å². The Hall–Kier alpha value is -2.47. The standard InChI is InChI=1S/C15H14N2O3S/c1-10-3-2-4-13(17-10)15(20)16-9-12-6-5-11(21-12)7-8-14(18)19/h2-8H,9H2,1H3,(H,16,20)(H,18,19). The van der Waals surface area contributed by atoms with E-state index in [9.17, 15) is 9.59 Å². The van der Waals surface area contributed by atoms with E-state index < -0.39 is 5.97 Å². The van der Waals surface area contributed by atoms with E-state index in [0.29, 0.717) is 12.2 Å². The molecule has 2 aromatic rings. The van der Waals surface area contributed by atoms with Crippen molar-refractivity contribution in [3.63, 3.8) is 0 Å². The number of thiophene rings is 1. The summed E-state index contributed by atoms with van der Waals surface area (Å²) in [4.78, 5) is 28.3. The SMILES string of the molecule is Cc1cccc(C(=O)NCc2ccc(C=CC(=O)O)s2)n1. The summed E-state index contributed by atoms with van der Waals surface area (Å²) in [6.45, 7) is 2.22. The topological polar surface area (TPSA) is 79.3 Å². The van der Waals surface area contributed by atoms with Crippen LogP contribution in [0.25, 0.3) is 6.08 Å². The van der Waals surface area contributed by atoms with Gasteiger partial charge in [-0.15, -0.1) is 11.3 Å². The lowest BCUT2D eigenvalue weighted by Crippen LogP contribution is -2.23. The predicted molar refractivity (Wildman–Crippen MR) is 81.1 cm³/mol. The van der Waals surface area contributed by atoms with Crippen LogP contribution in [0.2, 0.25) is 0 Å². The number of carboxylic acids is 1. The van der Waals surface area contributed by atoms with E-state index in [0.717, 1.165) is 21.5 Å². The summed E-state index contributed by atoms with van der Waals surface area (Å²) >= 11 is 1.43. The van der Waals surface area contributed by atoms with Crippen LogP contribution >= 0.6 is 11.3 Å². The van der Waals surface area contributed by atoms with Gasteiger partial charge in [-0.05, 0) is 37.3 Å². The van der Waals surface area contributed by atoms with Crippen molar-refractivity contribution in [3.05, 3.63) is 57.6 Å². The van der Waals surface area contributed by atoms with Gasteiger partial charge in [-0.25, -0.2) is 9.78 Å². The smallest absolute Gasteiger partial charge is 0.328 e. The van der Waals surface area contributed by atoms with Crippen LogP contribution in [0.15, 0.2) is 36.4 Å². The summed E-state index contributed by atoms with van der Waals surface area (Å²) in [5.74, 6) is -1.21. The van der Waals surface area contributed by atoms with Crippen LogP contribution in [0.5, 0.6) is 0 Å². The third-order valence-electron chi connectivity index (χ3n) is 2.62. The van der Waals surface area contributed by atoms with Crippen molar-refractivity contribution >= 4 is 29.3 Å². The Balaban J connectivity index is 1.94. The highest BCUT2D eigenvalue weighted by molar-refractivity contribution is 7.12. The van der Waals surface area contributed by atoms with Gasteiger partial charge in [0.2, 0.25) is 0 Å². The third kappa shape index (κ3) is 4.54. The lowest BCUT2D eigenvalue weighted by Gasteiger charge is -2.03. The fourth-order valence-corrected chi connectivity index (χ4v) is 2.52. The van der Waals surface area contributed by atoms with Gasteiger partial charge < -0.3 is 10.4 Å². The number of aryl methyl sites for hydroxylation is 1. The maximum absolute atomic E-state index is 11.9. The molecule has 0 radical (unpaired) electrons. The van der Waals surface area contributed by atoms with Crippen LogP contribution in [-0.4, -0.2) is 22.0 Å². The molecule has 0 saturated carbocycles. The number of pyridine rings is 1. The number of carbonyl (C=O) groups is 2. The molecule has 6 heteroatoms. The van der Waals surface area contributed by atoms with Gasteiger partial charge >= 0.3 is 5.97 Å². The number of aliphatic carboxylic acids is 1. The number of aromatic nitrogens is 1. The first-order valence-corrected chi connectivity index (χ1v) is 7.08. The molecule has 0 spiro atoms. The minimum atomic E-state index is -0.983. The van der Waals surface area contributed by atoms with E-state index in [-0.39, 0.29) is 5.91 Å². The van der Waals surface area contributed by atoms with Crippen LogP contribution in [-0.2, 0) is 11.3 Å². The van der Waals surface area contributed by atoms with Crippen LogP contribution in [0, 0.1) is 6.92 Å². The lowest BCUT2D eigenvalue weighted by atomic mass is 10.3. The Morgan fingerprint density at radius 3 is 2.86 bits per heavy atom. The maximum atomic E-state index is 11.9. The summed E-state index contributed by atoms with van der Waals surface area (Å²) < 4.78 is 0. The molecule has 0 unspecified atom stereocenters. The van der Waals surface area contributed by atoms with E-state index >= 15 is 0 Å². The Morgan fingerprint density at radius 1 is 1.33 bits per heavy atom. The largest absolute Gasteiger partial charge is 0.478 e. The molecule has 0 atom stereocenters. The first kappa shape index (κ1) is 14.9. The molecule has 108 valence electrons. The average Bonchev–Trinajstić information content (AvgIpc) is 2.90. The molecule has 2 rings (SSSR count). The van der Waals surface area contributed by atoms with Crippen molar-refractivity contribution in [1.29, 1.82) is 0 Å². The first-order chi connectivity index (χ1) is 10.0. The normalized spacial score (nSPS) is 10.7. The monoisotopic (exact) mass is 302 g/mol. The summed E-state index contributed by atoms with van der Waals surface area (Å²) in [7, 11) is 0. The Labute approximate surface area is 126 Å². The van der Waals surface area contributed by atoms with Crippen LogP contribution in [0.1, 0.15) is 25.9 Å². The molecular weight excluding hydrogens is 288 g/mol. The van der Waals surface area contributed by atoms with Gasteiger partial charge in [-0.1, -0.05) is 6.07 Å². The second-order valence-electron chi connectivity index (χ2n) is 4.32. The average molecular weight is 302 g/mol. The second kappa shape index (κ2) is 6.81. The van der Waals surface area contributed by atoms with Gasteiger partial charge in [0.15, 0.2) is 0 Å². The van der Waals surface area contributed by atoms with E-state index in [4.69, 9.17) is 5.11 Å². The predicted octanol–water partition coefficient (Wildman–Crippen LogP) is 2.48. The summed E-state index contributed by atoms with van der Waals surface area (Å²) in [5.41, 5.74) is 1.18. The molecule has 0 aliphatic carbocycles. The number of amides is 1. The zero-order chi connectivity index (χ0) is 15.2. The Kier molecular flexibility index (Phi) is 4.84. The van der Waals surface area contributed by atoms with Crippen molar-refractivity contribution in [2.24, 2.45) is 0 Å². The molecule has 2 aromatic heterocycles. The molecule has 5 nitrogen and oxygen atoms in total. The number of nitrogens with one attached hydrogen (secondary N) is 1. The highest BCUT2D eigenvalue weighted by Crippen LogP contribution is 2.17. The molecule has 0 aromatic carbocycles. The zero-order valence-corrected chi connectivity index (χ0v) is 12.2. The number of hydrogen-bond donors (Lipinski definition) is 2. The number of hydrogen-bond acceptors (Lipinski definition) is 4. The van der Waals surface area contributed by atoms with Crippen molar-refractivity contribution < 1.29 is 14.7 Å². The highest BCUT2D eigenvalue weighted by Gasteiger charge is 2.07. The van der Waals surface area contributed by atoms with Gasteiger partial charge in [-0.3, -0.25) is 4.79 Å². The quantitative estimate of drug-likeness (QED) is 0.832. The fourth-order valence-electron chi connectivity index (χ4n) is 1.66. The van der Waals surface area contributed by atoms with E-state index in [1.54, 1.807) is 12.1 Å². The Morgan fingerprint density at radius 2 is 2.14 bits per heavy atom.